The summed E-state index contributed by atoms with van der Waals surface area (Å²) in [5.41, 5.74) is 9.21. The van der Waals surface area contributed by atoms with E-state index in [2.05, 4.69) is 4.98 Å². The first kappa shape index (κ1) is 13.0. The highest BCUT2D eigenvalue weighted by atomic mass is 16.5. The van der Waals surface area contributed by atoms with E-state index >= 15 is 0 Å². The van der Waals surface area contributed by atoms with Crippen LogP contribution in [0.5, 0.6) is 0 Å². The number of hydrogen-bond donors (Lipinski definition) is 2. The van der Waals surface area contributed by atoms with E-state index in [1.54, 1.807) is 20.1 Å². The Morgan fingerprint density at radius 3 is 2.90 bits per heavy atom. The molecule has 0 saturated heterocycles. The van der Waals surface area contributed by atoms with Gasteiger partial charge in [0, 0.05) is 6.42 Å². The number of aromatic nitrogens is 2. The third kappa shape index (κ3) is 2.36. The van der Waals surface area contributed by atoms with E-state index in [9.17, 15) is 5.11 Å². The highest BCUT2D eigenvalue weighted by Gasteiger charge is 2.18. The van der Waals surface area contributed by atoms with Crippen LogP contribution in [0.1, 0.15) is 25.8 Å². The van der Waals surface area contributed by atoms with Crippen LogP contribution in [0.15, 0.2) is 24.5 Å². The Hall–Kier alpha value is -2.01. The summed E-state index contributed by atoms with van der Waals surface area (Å²) >= 11 is 0. The summed E-state index contributed by atoms with van der Waals surface area (Å²) in [5, 5.41) is 9.97. The van der Waals surface area contributed by atoms with Crippen LogP contribution in [-0.4, -0.2) is 26.9 Å². The number of anilines is 1. The maximum Gasteiger partial charge on any atom is 0.201 e. The van der Waals surface area contributed by atoms with Crippen molar-refractivity contribution in [3.63, 3.8) is 0 Å². The molecule has 1 aliphatic heterocycles. The van der Waals surface area contributed by atoms with Crippen molar-refractivity contribution in [2.45, 2.75) is 32.4 Å². The van der Waals surface area contributed by atoms with Crippen molar-refractivity contribution in [2.24, 2.45) is 0 Å². The number of nitrogens with zero attached hydrogens (tertiary/aromatic N) is 2. The molecule has 2 aromatic rings. The summed E-state index contributed by atoms with van der Waals surface area (Å²) in [6, 6.07) is 6.07. The van der Waals surface area contributed by atoms with Crippen LogP contribution < -0.4 is 5.73 Å². The number of fused-ring (bicyclic) bond motifs is 1. The topological polar surface area (TPSA) is 73.3 Å². The monoisotopic (exact) mass is 273 g/mol. The predicted octanol–water partition coefficient (Wildman–Crippen LogP) is 2.15. The number of imidazole rings is 1. The molecule has 1 aliphatic rings. The van der Waals surface area contributed by atoms with E-state index in [-0.39, 0.29) is 0 Å². The number of aliphatic hydroxyl groups is 1. The molecule has 0 amide bonds. The fourth-order valence-corrected chi connectivity index (χ4v) is 2.50. The van der Waals surface area contributed by atoms with Crippen LogP contribution in [0.2, 0.25) is 0 Å². The van der Waals surface area contributed by atoms with Crippen LogP contribution in [0.4, 0.5) is 5.95 Å². The molecule has 1 aromatic carbocycles. The molecule has 3 rings (SSSR count). The fraction of sp³-hybridized carbons (Fsp3) is 0.400. The molecule has 1 aromatic heterocycles. The Morgan fingerprint density at radius 1 is 1.45 bits per heavy atom. The minimum atomic E-state index is -0.831. The largest absolute Gasteiger partial charge is 0.501 e. The second-order valence-electron chi connectivity index (χ2n) is 5.84. The van der Waals surface area contributed by atoms with Gasteiger partial charge in [-0.1, -0.05) is 6.07 Å². The van der Waals surface area contributed by atoms with Gasteiger partial charge in [-0.15, -0.1) is 0 Å². The van der Waals surface area contributed by atoms with Gasteiger partial charge in [0.15, 0.2) is 0 Å². The highest BCUT2D eigenvalue weighted by molar-refractivity contribution is 5.83. The first-order valence-corrected chi connectivity index (χ1v) is 6.73. The fourth-order valence-electron chi connectivity index (χ4n) is 2.50. The molecule has 0 atom stereocenters. The molecule has 20 heavy (non-hydrogen) atoms. The van der Waals surface area contributed by atoms with Gasteiger partial charge in [-0.25, -0.2) is 4.98 Å². The number of hydrogen-bond acceptors (Lipinski definition) is 4. The lowest BCUT2D eigenvalue weighted by Gasteiger charge is -2.19. The third-order valence-electron chi connectivity index (χ3n) is 3.41. The molecule has 2 heterocycles. The van der Waals surface area contributed by atoms with E-state index in [1.165, 1.54) is 5.57 Å². The van der Waals surface area contributed by atoms with Gasteiger partial charge in [-0.05, 0) is 37.1 Å². The highest BCUT2D eigenvalue weighted by Crippen LogP contribution is 2.28. The molecular weight excluding hydrogens is 254 g/mol. The van der Waals surface area contributed by atoms with E-state index in [1.807, 2.05) is 22.8 Å². The standard InChI is InChI=1S/C15H19N3O2/c1-15(2,19)9-18-13-4-3-10(11-5-6-20-8-11)7-12(13)17-14(18)16/h3-4,7-8,19H,5-6,9H2,1-2H3,(H2,16,17). The summed E-state index contributed by atoms with van der Waals surface area (Å²) in [4.78, 5) is 4.39. The molecule has 0 fully saturated rings. The average molecular weight is 273 g/mol. The molecule has 5 nitrogen and oxygen atoms in total. The molecular formula is C15H19N3O2. The second kappa shape index (κ2) is 4.52. The van der Waals surface area contributed by atoms with Crippen molar-refractivity contribution in [3.05, 3.63) is 30.0 Å². The zero-order valence-corrected chi connectivity index (χ0v) is 11.8. The van der Waals surface area contributed by atoms with Gasteiger partial charge in [-0.3, -0.25) is 0 Å². The molecule has 106 valence electrons. The van der Waals surface area contributed by atoms with E-state index in [0.29, 0.717) is 12.5 Å². The molecule has 3 N–H and O–H groups in total. The van der Waals surface area contributed by atoms with Crippen LogP contribution in [0, 0.1) is 0 Å². The van der Waals surface area contributed by atoms with Crippen molar-refractivity contribution in [2.75, 3.05) is 12.3 Å². The van der Waals surface area contributed by atoms with Gasteiger partial charge in [0.25, 0.3) is 0 Å². The smallest absolute Gasteiger partial charge is 0.201 e. The van der Waals surface area contributed by atoms with Gasteiger partial charge in [0.2, 0.25) is 5.95 Å². The van der Waals surface area contributed by atoms with Crippen molar-refractivity contribution in [3.8, 4) is 0 Å². The van der Waals surface area contributed by atoms with Crippen molar-refractivity contribution in [1.29, 1.82) is 0 Å². The van der Waals surface area contributed by atoms with Crippen molar-refractivity contribution >= 4 is 22.6 Å². The lowest BCUT2D eigenvalue weighted by Crippen LogP contribution is -2.26. The van der Waals surface area contributed by atoms with Gasteiger partial charge < -0.3 is 20.1 Å². The molecule has 0 saturated carbocycles. The molecule has 0 unspecified atom stereocenters. The molecule has 0 aliphatic carbocycles. The zero-order valence-electron chi connectivity index (χ0n) is 11.8. The molecule has 5 heteroatoms. The van der Waals surface area contributed by atoms with Crippen molar-refractivity contribution in [1.82, 2.24) is 9.55 Å². The van der Waals surface area contributed by atoms with Crippen LogP contribution in [0.25, 0.3) is 16.6 Å². The first-order valence-electron chi connectivity index (χ1n) is 6.73. The van der Waals surface area contributed by atoms with Gasteiger partial charge in [0.1, 0.15) is 0 Å². The minimum Gasteiger partial charge on any atom is -0.501 e. The predicted molar refractivity (Wildman–Crippen MR) is 79.0 cm³/mol. The van der Waals surface area contributed by atoms with E-state index in [0.717, 1.165) is 29.6 Å². The Morgan fingerprint density at radius 2 is 2.25 bits per heavy atom. The molecule has 0 spiro atoms. The minimum absolute atomic E-state index is 0.417. The molecule has 0 radical (unpaired) electrons. The molecule has 0 bridgehead atoms. The van der Waals surface area contributed by atoms with Crippen LogP contribution in [-0.2, 0) is 11.3 Å². The third-order valence-corrected chi connectivity index (χ3v) is 3.41. The zero-order chi connectivity index (χ0) is 14.3. The quantitative estimate of drug-likeness (QED) is 0.898. The SMILES string of the molecule is CC(C)(O)Cn1c(N)nc2cc(C3=COCC3)ccc21. The summed E-state index contributed by atoms with van der Waals surface area (Å²) in [5.74, 6) is 0.427. The summed E-state index contributed by atoms with van der Waals surface area (Å²) in [7, 11) is 0. The normalized spacial score (nSPS) is 15.4. The Kier molecular flexibility index (Phi) is 2.94. The number of nitrogens with two attached hydrogens (primary N) is 1. The van der Waals surface area contributed by atoms with E-state index < -0.39 is 5.60 Å². The summed E-state index contributed by atoms with van der Waals surface area (Å²) in [6.07, 6.45) is 2.73. The Bertz CT molecular complexity index is 680. The van der Waals surface area contributed by atoms with Gasteiger partial charge >= 0.3 is 0 Å². The second-order valence-corrected chi connectivity index (χ2v) is 5.84. The number of benzene rings is 1. The van der Waals surface area contributed by atoms with Gasteiger partial charge in [0.05, 0.1) is 36.0 Å². The lowest BCUT2D eigenvalue weighted by atomic mass is 10.0. The first-order chi connectivity index (χ1) is 9.44. The number of ether oxygens (including phenoxy) is 1. The number of nitrogen functional groups attached to an aromatic ring is 1. The average Bonchev–Trinajstić information content (AvgIpc) is 2.96. The number of rotatable bonds is 3. The van der Waals surface area contributed by atoms with Crippen molar-refractivity contribution < 1.29 is 9.84 Å². The summed E-state index contributed by atoms with van der Waals surface area (Å²) in [6.45, 7) is 4.67. The Labute approximate surface area is 117 Å². The van der Waals surface area contributed by atoms with Gasteiger partial charge in [-0.2, -0.15) is 0 Å². The Balaban J connectivity index is 2.04. The maximum absolute atomic E-state index is 9.97. The van der Waals surface area contributed by atoms with E-state index in [4.69, 9.17) is 10.5 Å². The lowest BCUT2D eigenvalue weighted by molar-refractivity contribution is 0.0633. The maximum atomic E-state index is 9.97. The summed E-state index contributed by atoms with van der Waals surface area (Å²) < 4.78 is 7.12. The van der Waals surface area contributed by atoms with Crippen LogP contribution in [0.3, 0.4) is 0 Å². The van der Waals surface area contributed by atoms with Crippen LogP contribution >= 0.6 is 0 Å².